The fourth-order valence-corrected chi connectivity index (χ4v) is 7.23. The first kappa shape index (κ1) is 47.0. The second kappa shape index (κ2) is 23.3. The molecule has 1 N–H and O–H groups in total. The van der Waals surface area contributed by atoms with Gasteiger partial charge in [0.15, 0.2) is 0 Å². The monoisotopic (exact) mass is 878 g/mol. The number of aromatic nitrogens is 1. The molecular formula is C53H54N2O10. The summed E-state index contributed by atoms with van der Waals surface area (Å²) in [6.07, 6.45) is 10.5. The molecule has 1 aromatic heterocycles. The van der Waals surface area contributed by atoms with Gasteiger partial charge in [-0.15, -0.1) is 0 Å². The Morgan fingerprint density at radius 1 is 0.615 bits per heavy atom. The molecule has 1 heterocycles. The number of benzene rings is 5. The van der Waals surface area contributed by atoms with Crippen LogP contribution in [0.4, 0.5) is 0 Å². The molecule has 6 aromatic rings. The fourth-order valence-electron chi connectivity index (χ4n) is 7.23. The first-order valence-corrected chi connectivity index (χ1v) is 21.8. The maximum Gasteiger partial charge on any atom is 0.343 e. The van der Waals surface area contributed by atoms with Gasteiger partial charge in [0, 0.05) is 28.5 Å². The number of carboxylic acid groups (broad SMARTS) is 1. The van der Waals surface area contributed by atoms with Crippen molar-refractivity contribution in [3.63, 3.8) is 0 Å². The molecule has 0 aliphatic rings. The third kappa shape index (κ3) is 13.0. The van der Waals surface area contributed by atoms with Gasteiger partial charge >= 0.3 is 23.9 Å². The van der Waals surface area contributed by atoms with Crippen LogP contribution >= 0.6 is 0 Å². The number of aryl methyl sites for hydroxylation is 2. The van der Waals surface area contributed by atoms with Gasteiger partial charge < -0.3 is 28.8 Å². The van der Waals surface area contributed by atoms with Crippen molar-refractivity contribution in [2.75, 3.05) is 26.4 Å². The van der Waals surface area contributed by atoms with Crippen molar-refractivity contribution in [1.29, 1.82) is 0 Å². The zero-order chi connectivity index (χ0) is 46.1. The lowest BCUT2D eigenvalue weighted by Crippen LogP contribution is -2.10. The lowest BCUT2D eigenvalue weighted by molar-refractivity contribution is -0.138. The summed E-state index contributed by atoms with van der Waals surface area (Å²) in [5.41, 5.74) is 5.80. The molecule has 0 saturated carbocycles. The molecule has 0 fully saturated rings. The van der Waals surface area contributed by atoms with E-state index in [1.165, 1.54) is 6.07 Å². The largest absolute Gasteiger partial charge is 0.494 e. The van der Waals surface area contributed by atoms with E-state index < -0.39 is 23.9 Å². The molecule has 0 bridgehead atoms. The summed E-state index contributed by atoms with van der Waals surface area (Å²) in [5, 5.41) is 17.3. The molecule has 0 spiro atoms. The van der Waals surface area contributed by atoms with Crippen LogP contribution in [0.15, 0.2) is 127 Å². The summed E-state index contributed by atoms with van der Waals surface area (Å²) in [6, 6.07) is 29.1. The number of ether oxygens (including phenoxy) is 5. The highest BCUT2D eigenvalue weighted by atomic mass is 16.5. The smallest absolute Gasteiger partial charge is 0.343 e. The number of esters is 3. The van der Waals surface area contributed by atoms with E-state index in [4.69, 9.17) is 28.8 Å². The highest BCUT2D eigenvalue weighted by molar-refractivity contribution is 6.09. The van der Waals surface area contributed by atoms with Crippen LogP contribution < -0.4 is 14.2 Å². The summed E-state index contributed by atoms with van der Waals surface area (Å²) >= 11 is 0. The van der Waals surface area contributed by atoms with Crippen molar-refractivity contribution in [2.24, 2.45) is 5.10 Å². The molecule has 336 valence electrons. The molecule has 12 heteroatoms. The summed E-state index contributed by atoms with van der Waals surface area (Å²) in [6.45, 7) is 12.5. The average molecular weight is 879 g/mol. The van der Waals surface area contributed by atoms with Crippen molar-refractivity contribution in [3.05, 3.63) is 150 Å². The molecule has 65 heavy (non-hydrogen) atoms. The second-order valence-corrected chi connectivity index (χ2v) is 15.5. The predicted octanol–water partition coefficient (Wildman–Crippen LogP) is 11.2. The van der Waals surface area contributed by atoms with Crippen molar-refractivity contribution >= 4 is 51.9 Å². The number of carbonyl (C=O) groups is 4. The number of carbonyl (C=O) groups excluding carboxylic acids is 3. The minimum Gasteiger partial charge on any atom is -0.494 e. The Hall–Kier alpha value is -7.47. The highest BCUT2D eigenvalue weighted by Crippen LogP contribution is 2.34. The van der Waals surface area contributed by atoms with E-state index in [1.807, 2.05) is 42.8 Å². The molecule has 6 rings (SSSR count). The topological polar surface area (TPSA) is 152 Å². The molecule has 12 nitrogen and oxygen atoms in total. The van der Waals surface area contributed by atoms with E-state index in [0.717, 1.165) is 96.5 Å². The van der Waals surface area contributed by atoms with Gasteiger partial charge in [0.05, 0.1) is 54.8 Å². The number of aromatic carboxylic acids is 1. The lowest BCUT2D eigenvalue weighted by Gasteiger charge is -2.14. The Morgan fingerprint density at radius 2 is 1.15 bits per heavy atom. The van der Waals surface area contributed by atoms with Gasteiger partial charge in [-0.2, -0.15) is 5.10 Å². The molecule has 0 radical (unpaired) electrons. The van der Waals surface area contributed by atoms with E-state index in [-0.39, 0.29) is 11.3 Å². The van der Waals surface area contributed by atoms with Gasteiger partial charge in [-0.1, -0.05) is 42.5 Å². The maximum atomic E-state index is 13.7. The molecule has 0 atom stereocenters. The van der Waals surface area contributed by atoms with Crippen molar-refractivity contribution in [2.45, 2.75) is 65.2 Å². The number of fused-ring (bicyclic) bond motifs is 3. The van der Waals surface area contributed by atoms with Crippen molar-refractivity contribution in [1.82, 2.24) is 4.68 Å². The van der Waals surface area contributed by atoms with E-state index in [1.54, 1.807) is 60.8 Å². The van der Waals surface area contributed by atoms with E-state index in [9.17, 15) is 24.3 Å². The van der Waals surface area contributed by atoms with E-state index in [0.29, 0.717) is 60.2 Å². The van der Waals surface area contributed by atoms with Gasteiger partial charge in [0.1, 0.15) is 17.2 Å². The first-order valence-electron chi connectivity index (χ1n) is 21.8. The number of nitrogens with zero attached hydrogens (tertiary/aromatic N) is 2. The fraction of sp³-hybridized carbons (Fsp3) is 0.264. The van der Waals surface area contributed by atoms with Crippen LogP contribution in [0.2, 0.25) is 0 Å². The van der Waals surface area contributed by atoms with Crippen LogP contribution in [-0.4, -0.2) is 66.3 Å². The third-order valence-electron chi connectivity index (χ3n) is 10.6. The molecule has 5 aromatic carbocycles. The predicted molar refractivity (Wildman–Crippen MR) is 252 cm³/mol. The van der Waals surface area contributed by atoms with Gasteiger partial charge in [0.2, 0.25) is 0 Å². The highest BCUT2D eigenvalue weighted by Gasteiger charge is 2.18. The summed E-state index contributed by atoms with van der Waals surface area (Å²) in [4.78, 5) is 48.7. The Labute approximate surface area is 378 Å². The zero-order valence-electron chi connectivity index (χ0n) is 36.9. The SMILES string of the molecule is C=CC(=O)OCCCCCCOc1ccc(C(=O)Oc2ccc(-c3cc(OCCCCCCOC(=O)C=C)ccc3C(=O)O)cc2/C=N/n2c3ccc(C)cc3c3cc(C)ccc32)cc1. The lowest BCUT2D eigenvalue weighted by atomic mass is 9.97. The van der Waals surface area contributed by atoms with Crippen LogP contribution in [0.5, 0.6) is 17.2 Å². The number of hydrogen-bond acceptors (Lipinski definition) is 10. The van der Waals surface area contributed by atoms with Gasteiger partial charge in [-0.05, 0) is 155 Å². The van der Waals surface area contributed by atoms with Crippen LogP contribution in [0, 0.1) is 13.8 Å². The van der Waals surface area contributed by atoms with Crippen molar-refractivity contribution < 1.29 is 48.0 Å². The van der Waals surface area contributed by atoms with Gasteiger partial charge in [-0.3, -0.25) is 0 Å². The van der Waals surface area contributed by atoms with E-state index in [2.05, 4.69) is 25.3 Å². The van der Waals surface area contributed by atoms with Crippen LogP contribution in [-0.2, 0) is 19.1 Å². The molecule has 0 amide bonds. The summed E-state index contributed by atoms with van der Waals surface area (Å²) < 4.78 is 29.9. The van der Waals surface area contributed by atoms with Gasteiger partial charge in [-0.25, -0.2) is 23.9 Å². The minimum atomic E-state index is -1.11. The number of hydrogen-bond donors (Lipinski definition) is 1. The Bertz CT molecular complexity index is 2640. The Kier molecular flexibility index (Phi) is 16.8. The summed E-state index contributed by atoms with van der Waals surface area (Å²) in [5.74, 6) is -1.23. The van der Waals surface area contributed by atoms with E-state index >= 15 is 0 Å². The normalized spacial score (nSPS) is 11.1. The summed E-state index contributed by atoms with van der Waals surface area (Å²) in [7, 11) is 0. The molecule has 0 unspecified atom stereocenters. The average Bonchev–Trinajstić information content (AvgIpc) is 3.61. The maximum absolute atomic E-state index is 13.7. The zero-order valence-corrected chi connectivity index (χ0v) is 36.9. The van der Waals surface area contributed by atoms with Crippen molar-refractivity contribution in [3.8, 4) is 28.4 Å². The number of rotatable bonds is 24. The van der Waals surface area contributed by atoms with Gasteiger partial charge in [0.25, 0.3) is 0 Å². The standard InChI is InChI=1S/C53H54N2O10/c1-5-50(56)63-29-13-9-7-11-27-61-41-20-17-38(18-21-41)53(60)65-49-26-19-39(44-34-42(22-23-43(44)52(58)59)62-28-12-8-10-14-30-64-51(57)6-2)33-40(49)35-54-55-47-24-15-36(3)31-45(47)46-32-37(4)16-25-48(46)55/h5-6,15-26,31-35H,1-2,7-14,27-30H2,3-4H3,(H,58,59)/b54-35+. The van der Waals surface area contributed by atoms with Crippen LogP contribution in [0.3, 0.4) is 0 Å². The van der Waals surface area contributed by atoms with Crippen LogP contribution in [0.1, 0.15) is 88.8 Å². The molecular weight excluding hydrogens is 825 g/mol. The Morgan fingerprint density at radius 3 is 1.71 bits per heavy atom. The number of unbranched alkanes of at least 4 members (excludes halogenated alkanes) is 6. The molecule has 0 aliphatic carbocycles. The molecule has 0 aliphatic heterocycles. The quantitative estimate of drug-likeness (QED) is 0.0204. The Balaban J connectivity index is 1.22. The first-order chi connectivity index (χ1) is 31.5. The number of carboxylic acids is 1. The minimum absolute atomic E-state index is 0.0704. The molecule has 0 saturated heterocycles. The van der Waals surface area contributed by atoms with Crippen LogP contribution in [0.25, 0.3) is 32.9 Å². The second-order valence-electron chi connectivity index (χ2n) is 15.5. The third-order valence-corrected chi connectivity index (χ3v) is 10.6.